The van der Waals surface area contributed by atoms with E-state index in [9.17, 15) is 4.79 Å². The van der Waals surface area contributed by atoms with Crippen molar-refractivity contribution in [2.75, 3.05) is 5.32 Å². The smallest absolute Gasteiger partial charge is 0.259 e. The van der Waals surface area contributed by atoms with Gasteiger partial charge in [-0.2, -0.15) is 4.98 Å². The van der Waals surface area contributed by atoms with Crippen molar-refractivity contribution in [1.29, 1.82) is 0 Å². The summed E-state index contributed by atoms with van der Waals surface area (Å²) < 4.78 is 0. The van der Waals surface area contributed by atoms with Gasteiger partial charge in [-0.25, -0.2) is 5.10 Å². The van der Waals surface area contributed by atoms with E-state index >= 15 is 0 Å². The first-order valence-electron chi connectivity index (χ1n) is 6.82. The number of nitrogens with one attached hydrogen (secondary N) is 2. The van der Waals surface area contributed by atoms with E-state index in [2.05, 4.69) is 25.5 Å². The maximum absolute atomic E-state index is 12.2. The van der Waals surface area contributed by atoms with Crippen molar-refractivity contribution in [3.8, 4) is 0 Å². The van der Waals surface area contributed by atoms with Crippen molar-refractivity contribution in [3.63, 3.8) is 0 Å². The fraction of sp³-hybridized carbons (Fsp3) is 0.0667. The van der Waals surface area contributed by atoms with Crippen LogP contribution in [-0.4, -0.2) is 26.1 Å². The lowest BCUT2D eigenvalue weighted by atomic mass is 10.2. The van der Waals surface area contributed by atoms with Gasteiger partial charge in [-0.05, 0) is 29.8 Å². The maximum Gasteiger partial charge on any atom is 0.259 e. The Morgan fingerprint density at radius 2 is 2.17 bits per heavy atom. The van der Waals surface area contributed by atoms with E-state index in [0.29, 0.717) is 21.5 Å². The van der Waals surface area contributed by atoms with Crippen molar-refractivity contribution in [2.24, 2.45) is 0 Å². The molecule has 0 atom stereocenters. The van der Waals surface area contributed by atoms with Gasteiger partial charge in [0, 0.05) is 23.2 Å². The van der Waals surface area contributed by atoms with Gasteiger partial charge in [-0.3, -0.25) is 15.1 Å². The Hall–Kier alpha value is -2.09. The number of thioether (sulfide) groups is 1. The van der Waals surface area contributed by atoms with Crippen LogP contribution in [0.25, 0.3) is 0 Å². The fourth-order valence-electron chi connectivity index (χ4n) is 1.85. The zero-order valence-corrected chi connectivity index (χ0v) is 14.5. The van der Waals surface area contributed by atoms with Crippen LogP contribution in [0.15, 0.2) is 47.9 Å². The Labute approximate surface area is 152 Å². The SMILES string of the molecule is O=C(Nc1nc(SCc2cccnc2)n[nH]1)c1ccc(Cl)cc1Cl. The van der Waals surface area contributed by atoms with Gasteiger partial charge in [-0.15, -0.1) is 5.10 Å². The minimum atomic E-state index is -0.392. The predicted molar refractivity (Wildman–Crippen MR) is 94.6 cm³/mol. The van der Waals surface area contributed by atoms with Gasteiger partial charge in [0.25, 0.3) is 5.91 Å². The molecule has 9 heteroatoms. The van der Waals surface area contributed by atoms with Crippen LogP contribution < -0.4 is 5.32 Å². The molecule has 1 amide bonds. The monoisotopic (exact) mass is 379 g/mol. The van der Waals surface area contributed by atoms with Crippen LogP contribution in [0, 0.1) is 0 Å². The molecular weight excluding hydrogens is 369 g/mol. The van der Waals surface area contributed by atoms with E-state index in [1.54, 1.807) is 24.5 Å². The Morgan fingerprint density at radius 3 is 2.92 bits per heavy atom. The van der Waals surface area contributed by atoms with Crippen molar-refractivity contribution in [2.45, 2.75) is 10.9 Å². The molecule has 0 spiro atoms. The molecule has 0 radical (unpaired) electrons. The number of halogens is 2. The molecule has 1 aromatic carbocycles. The number of aromatic amines is 1. The van der Waals surface area contributed by atoms with Gasteiger partial charge in [0.05, 0.1) is 10.6 Å². The summed E-state index contributed by atoms with van der Waals surface area (Å²) >= 11 is 13.3. The number of amides is 1. The molecule has 2 aromatic heterocycles. The first-order chi connectivity index (χ1) is 11.6. The summed E-state index contributed by atoms with van der Waals surface area (Å²) in [6, 6.07) is 8.49. The number of H-pyrrole nitrogens is 1. The summed E-state index contributed by atoms with van der Waals surface area (Å²) in [6.07, 6.45) is 3.50. The number of hydrogen-bond donors (Lipinski definition) is 2. The molecule has 0 saturated heterocycles. The summed E-state index contributed by atoms with van der Waals surface area (Å²) in [7, 11) is 0. The molecule has 0 aliphatic carbocycles. The number of anilines is 1. The Kier molecular flexibility index (Phi) is 5.34. The summed E-state index contributed by atoms with van der Waals surface area (Å²) in [4.78, 5) is 20.5. The standard InChI is InChI=1S/C15H11Cl2N5OS/c16-10-3-4-11(12(17)6-10)13(23)19-14-20-15(22-21-14)24-8-9-2-1-5-18-7-9/h1-7H,8H2,(H2,19,20,21,22,23). The second-order valence-electron chi connectivity index (χ2n) is 4.69. The summed E-state index contributed by atoms with van der Waals surface area (Å²) in [5.41, 5.74) is 1.37. The third-order valence-corrected chi connectivity index (χ3v) is 4.43. The summed E-state index contributed by atoms with van der Waals surface area (Å²) in [5.74, 6) is 0.540. The average Bonchev–Trinajstić information content (AvgIpc) is 3.01. The van der Waals surface area contributed by atoms with Crippen molar-refractivity contribution >= 4 is 46.8 Å². The van der Waals surface area contributed by atoms with Crippen molar-refractivity contribution < 1.29 is 4.79 Å². The topological polar surface area (TPSA) is 83.6 Å². The molecular formula is C15H11Cl2N5OS. The van der Waals surface area contributed by atoms with E-state index in [-0.39, 0.29) is 11.0 Å². The highest BCUT2D eigenvalue weighted by Crippen LogP contribution is 2.22. The van der Waals surface area contributed by atoms with Crippen molar-refractivity contribution in [3.05, 3.63) is 63.9 Å². The number of carbonyl (C=O) groups excluding carboxylic acids is 1. The van der Waals surface area contributed by atoms with Crippen LogP contribution >= 0.6 is 35.0 Å². The van der Waals surface area contributed by atoms with Gasteiger partial charge in [0.15, 0.2) is 0 Å². The van der Waals surface area contributed by atoms with E-state index in [1.807, 2.05) is 12.1 Å². The van der Waals surface area contributed by atoms with Crippen LogP contribution in [0.1, 0.15) is 15.9 Å². The molecule has 0 unspecified atom stereocenters. The van der Waals surface area contributed by atoms with Gasteiger partial charge in [0.1, 0.15) is 0 Å². The first kappa shape index (κ1) is 16.8. The number of hydrogen-bond acceptors (Lipinski definition) is 5. The van der Waals surface area contributed by atoms with Crippen LogP contribution in [0.2, 0.25) is 10.0 Å². The Bertz CT molecular complexity index is 856. The van der Waals surface area contributed by atoms with Crippen molar-refractivity contribution in [1.82, 2.24) is 20.2 Å². The largest absolute Gasteiger partial charge is 0.291 e. The van der Waals surface area contributed by atoms with Crippen LogP contribution in [0.4, 0.5) is 5.95 Å². The highest BCUT2D eigenvalue weighted by molar-refractivity contribution is 7.98. The maximum atomic E-state index is 12.2. The first-order valence-corrected chi connectivity index (χ1v) is 8.56. The zero-order chi connectivity index (χ0) is 16.9. The Balaban J connectivity index is 1.62. The second-order valence-corrected chi connectivity index (χ2v) is 6.48. The predicted octanol–water partition coefficient (Wildman–Crippen LogP) is 4.05. The molecule has 0 aliphatic heterocycles. The van der Waals surface area contributed by atoms with Gasteiger partial charge >= 0.3 is 0 Å². The van der Waals surface area contributed by atoms with Crippen LogP contribution in [0.3, 0.4) is 0 Å². The minimum Gasteiger partial charge on any atom is -0.291 e. The molecule has 122 valence electrons. The quantitative estimate of drug-likeness (QED) is 0.653. The zero-order valence-electron chi connectivity index (χ0n) is 12.2. The highest BCUT2D eigenvalue weighted by atomic mass is 35.5. The average molecular weight is 380 g/mol. The lowest BCUT2D eigenvalue weighted by Gasteiger charge is -2.03. The third kappa shape index (κ3) is 4.25. The summed E-state index contributed by atoms with van der Waals surface area (Å²) in [5, 5.41) is 10.6. The second kappa shape index (κ2) is 7.65. The molecule has 3 aromatic rings. The molecule has 0 fully saturated rings. The van der Waals surface area contributed by atoms with Gasteiger partial charge < -0.3 is 0 Å². The Morgan fingerprint density at radius 1 is 1.29 bits per heavy atom. The number of carbonyl (C=O) groups is 1. The number of rotatable bonds is 5. The minimum absolute atomic E-state index is 0.250. The van der Waals surface area contributed by atoms with Gasteiger partial charge in [-0.1, -0.05) is 41.0 Å². The molecule has 0 bridgehead atoms. The highest BCUT2D eigenvalue weighted by Gasteiger charge is 2.13. The molecule has 0 saturated carbocycles. The lowest BCUT2D eigenvalue weighted by Crippen LogP contribution is -2.13. The molecule has 2 heterocycles. The molecule has 3 rings (SSSR count). The number of pyridine rings is 1. The number of benzene rings is 1. The van der Waals surface area contributed by atoms with E-state index in [0.717, 1.165) is 5.56 Å². The van der Waals surface area contributed by atoms with Gasteiger partial charge in [0.2, 0.25) is 11.1 Å². The van der Waals surface area contributed by atoms with E-state index in [4.69, 9.17) is 23.2 Å². The molecule has 6 nitrogen and oxygen atoms in total. The third-order valence-electron chi connectivity index (χ3n) is 2.96. The van der Waals surface area contributed by atoms with E-state index < -0.39 is 5.91 Å². The molecule has 2 N–H and O–H groups in total. The van der Waals surface area contributed by atoms with Crippen LogP contribution in [-0.2, 0) is 5.75 Å². The van der Waals surface area contributed by atoms with E-state index in [1.165, 1.54) is 17.8 Å². The molecule has 0 aliphatic rings. The summed E-state index contributed by atoms with van der Waals surface area (Å²) in [6.45, 7) is 0. The van der Waals surface area contributed by atoms with Crippen LogP contribution in [0.5, 0.6) is 0 Å². The molecule has 24 heavy (non-hydrogen) atoms. The number of nitrogens with zero attached hydrogens (tertiary/aromatic N) is 3. The number of aromatic nitrogens is 4. The lowest BCUT2D eigenvalue weighted by molar-refractivity contribution is 0.102. The fourth-order valence-corrected chi connectivity index (χ4v) is 3.07. The normalized spacial score (nSPS) is 10.6.